The number of nitrogens with zero attached hydrogens (tertiary/aromatic N) is 2. The third-order valence-corrected chi connectivity index (χ3v) is 4.57. The van der Waals surface area contributed by atoms with Crippen LogP contribution in [0.1, 0.15) is 46.0 Å². The van der Waals surface area contributed by atoms with Gasteiger partial charge in [-0.25, -0.2) is 0 Å². The van der Waals surface area contributed by atoms with Gasteiger partial charge < -0.3 is 20.3 Å². The lowest BCUT2D eigenvalue weighted by atomic mass is 10.1. The van der Waals surface area contributed by atoms with Gasteiger partial charge in [0.05, 0.1) is 0 Å². The molecule has 0 bridgehead atoms. The lowest BCUT2D eigenvalue weighted by Gasteiger charge is -2.15. The molecule has 1 unspecified atom stereocenters. The van der Waals surface area contributed by atoms with Crippen LogP contribution in [-0.4, -0.2) is 63.3 Å². The van der Waals surface area contributed by atoms with Crippen LogP contribution in [0, 0.1) is 11.8 Å². The Kier molecular flexibility index (Phi) is 12.0. The zero-order valence-electron chi connectivity index (χ0n) is 15.6. The Morgan fingerprint density at radius 2 is 2.00 bits per heavy atom. The highest BCUT2D eigenvalue weighted by Gasteiger charge is 2.21. The number of aliphatic imine (C=N–C) groups is 1. The van der Waals surface area contributed by atoms with Crippen LogP contribution in [0.25, 0.3) is 0 Å². The van der Waals surface area contributed by atoms with Crippen LogP contribution in [0.4, 0.5) is 0 Å². The van der Waals surface area contributed by atoms with Gasteiger partial charge in [0, 0.05) is 39.4 Å². The summed E-state index contributed by atoms with van der Waals surface area (Å²) in [5, 5.41) is 6.78. The molecule has 24 heavy (non-hydrogen) atoms. The van der Waals surface area contributed by atoms with Gasteiger partial charge in [-0.15, -0.1) is 24.0 Å². The molecule has 1 atom stereocenters. The van der Waals surface area contributed by atoms with Gasteiger partial charge in [0.25, 0.3) is 0 Å². The lowest BCUT2D eigenvalue weighted by Crippen LogP contribution is -2.38. The number of rotatable bonds is 11. The normalized spacial score (nSPS) is 21.6. The average molecular weight is 452 g/mol. The quantitative estimate of drug-likeness (QED) is 0.219. The molecule has 5 nitrogen and oxygen atoms in total. The molecule has 2 N–H and O–H groups in total. The maximum absolute atomic E-state index is 5.67. The maximum atomic E-state index is 5.67. The molecule has 2 rings (SSSR count). The molecular weight excluding hydrogens is 415 g/mol. The Hall–Kier alpha value is -0.0800. The summed E-state index contributed by atoms with van der Waals surface area (Å²) in [7, 11) is 0. The molecule has 0 aromatic heterocycles. The Balaban J connectivity index is 0.00000288. The molecule has 1 aliphatic carbocycles. The number of hydrogen-bond donors (Lipinski definition) is 2. The summed E-state index contributed by atoms with van der Waals surface area (Å²) in [6.45, 7) is 12.7. The smallest absolute Gasteiger partial charge is 0.191 e. The first kappa shape index (κ1) is 22.0. The van der Waals surface area contributed by atoms with E-state index in [-0.39, 0.29) is 24.0 Å². The van der Waals surface area contributed by atoms with Crippen molar-refractivity contribution in [2.75, 3.05) is 52.5 Å². The predicted molar refractivity (Wildman–Crippen MR) is 112 cm³/mol. The van der Waals surface area contributed by atoms with E-state index < -0.39 is 0 Å². The van der Waals surface area contributed by atoms with Gasteiger partial charge in [0.2, 0.25) is 0 Å². The molecule has 1 saturated carbocycles. The monoisotopic (exact) mass is 452 g/mol. The topological polar surface area (TPSA) is 48.9 Å². The van der Waals surface area contributed by atoms with Gasteiger partial charge in [0.1, 0.15) is 0 Å². The fourth-order valence-electron chi connectivity index (χ4n) is 3.06. The molecular formula is C18H37IN4O. The van der Waals surface area contributed by atoms with Crippen molar-refractivity contribution in [3.8, 4) is 0 Å². The second-order valence-electron chi connectivity index (χ2n) is 6.97. The van der Waals surface area contributed by atoms with Crippen molar-refractivity contribution in [2.24, 2.45) is 16.8 Å². The number of hydrogen-bond acceptors (Lipinski definition) is 3. The van der Waals surface area contributed by atoms with Crippen LogP contribution >= 0.6 is 24.0 Å². The Labute approximate surface area is 165 Å². The van der Waals surface area contributed by atoms with Crippen LogP contribution in [0.5, 0.6) is 0 Å². The fraction of sp³-hybridized carbons (Fsp3) is 0.944. The number of guanidine groups is 1. The van der Waals surface area contributed by atoms with Crippen LogP contribution in [0.2, 0.25) is 0 Å². The minimum absolute atomic E-state index is 0. The second kappa shape index (κ2) is 13.2. The highest BCUT2D eigenvalue weighted by molar-refractivity contribution is 14.0. The van der Waals surface area contributed by atoms with Crippen LogP contribution in [0.3, 0.4) is 0 Å². The third-order valence-electron chi connectivity index (χ3n) is 4.57. The van der Waals surface area contributed by atoms with E-state index in [2.05, 4.69) is 29.4 Å². The molecule has 0 aromatic carbocycles. The molecule has 0 aromatic rings. The molecule has 1 heterocycles. The molecule has 0 spiro atoms. The summed E-state index contributed by atoms with van der Waals surface area (Å²) in [6, 6.07) is 0. The largest absolute Gasteiger partial charge is 0.381 e. The third kappa shape index (κ3) is 9.42. The van der Waals surface area contributed by atoms with Crippen molar-refractivity contribution in [2.45, 2.75) is 46.0 Å². The van der Waals surface area contributed by atoms with E-state index in [1.807, 2.05) is 0 Å². The first-order valence-corrected chi connectivity index (χ1v) is 9.64. The number of nitrogens with one attached hydrogen (secondary N) is 2. The van der Waals surface area contributed by atoms with Crippen LogP contribution < -0.4 is 10.6 Å². The van der Waals surface area contributed by atoms with E-state index in [9.17, 15) is 0 Å². The molecule has 142 valence electrons. The van der Waals surface area contributed by atoms with Crippen molar-refractivity contribution in [3.63, 3.8) is 0 Å². The van der Waals surface area contributed by atoms with E-state index >= 15 is 0 Å². The average Bonchev–Trinajstić information content (AvgIpc) is 3.27. The van der Waals surface area contributed by atoms with Crippen molar-refractivity contribution in [1.82, 2.24) is 15.5 Å². The summed E-state index contributed by atoms with van der Waals surface area (Å²) in [4.78, 5) is 7.34. The molecule has 1 saturated heterocycles. The van der Waals surface area contributed by atoms with Gasteiger partial charge in [-0.2, -0.15) is 0 Å². The SMILES string of the molecule is CCCN1CCC(CN=C(NCC)NCCCOCC2CC2)C1.I. The first-order chi connectivity index (χ1) is 11.3. The summed E-state index contributed by atoms with van der Waals surface area (Å²) in [5.74, 6) is 2.54. The van der Waals surface area contributed by atoms with Gasteiger partial charge in [-0.3, -0.25) is 4.99 Å². The molecule has 2 aliphatic rings. The highest BCUT2D eigenvalue weighted by Crippen LogP contribution is 2.28. The van der Waals surface area contributed by atoms with Crippen molar-refractivity contribution >= 4 is 29.9 Å². The Morgan fingerprint density at radius 3 is 2.71 bits per heavy atom. The Bertz CT molecular complexity index is 350. The molecule has 0 amide bonds. The van der Waals surface area contributed by atoms with E-state index in [4.69, 9.17) is 9.73 Å². The molecule has 2 fully saturated rings. The minimum Gasteiger partial charge on any atom is -0.381 e. The molecule has 0 radical (unpaired) electrons. The number of ether oxygens (including phenoxy) is 1. The Morgan fingerprint density at radius 1 is 1.17 bits per heavy atom. The van der Waals surface area contributed by atoms with Gasteiger partial charge >= 0.3 is 0 Å². The summed E-state index contributed by atoms with van der Waals surface area (Å²) >= 11 is 0. The number of likely N-dealkylation sites (tertiary alicyclic amines) is 1. The van der Waals surface area contributed by atoms with Gasteiger partial charge in [0.15, 0.2) is 5.96 Å². The van der Waals surface area contributed by atoms with Gasteiger partial charge in [-0.1, -0.05) is 6.92 Å². The summed E-state index contributed by atoms with van der Waals surface area (Å²) in [6.07, 6.45) is 6.32. The highest BCUT2D eigenvalue weighted by atomic mass is 127. The summed E-state index contributed by atoms with van der Waals surface area (Å²) < 4.78 is 5.67. The summed E-state index contributed by atoms with van der Waals surface area (Å²) in [5.41, 5.74) is 0. The minimum atomic E-state index is 0. The van der Waals surface area contributed by atoms with Crippen molar-refractivity contribution < 1.29 is 4.74 Å². The van der Waals surface area contributed by atoms with Crippen molar-refractivity contribution in [3.05, 3.63) is 0 Å². The predicted octanol–water partition coefficient (Wildman–Crippen LogP) is 2.71. The second-order valence-corrected chi connectivity index (χ2v) is 6.97. The van der Waals surface area contributed by atoms with Crippen molar-refractivity contribution in [1.29, 1.82) is 0 Å². The standard InChI is InChI=1S/C18H36N4O.HI/c1-3-10-22-11-8-17(14-22)13-21-18(19-4-2)20-9-5-12-23-15-16-6-7-16;/h16-17H,3-15H2,1-2H3,(H2,19,20,21);1H. The van der Waals surface area contributed by atoms with E-state index in [1.165, 1.54) is 45.3 Å². The van der Waals surface area contributed by atoms with E-state index in [0.29, 0.717) is 0 Å². The zero-order chi connectivity index (χ0) is 16.3. The van der Waals surface area contributed by atoms with Crippen LogP contribution in [-0.2, 0) is 4.74 Å². The fourth-order valence-corrected chi connectivity index (χ4v) is 3.06. The van der Waals surface area contributed by atoms with Gasteiger partial charge in [-0.05, 0) is 64.0 Å². The lowest BCUT2D eigenvalue weighted by molar-refractivity contribution is 0.123. The van der Waals surface area contributed by atoms with E-state index in [0.717, 1.165) is 57.1 Å². The van der Waals surface area contributed by atoms with Crippen LogP contribution in [0.15, 0.2) is 4.99 Å². The maximum Gasteiger partial charge on any atom is 0.191 e. The van der Waals surface area contributed by atoms with E-state index in [1.54, 1.807) is 0 Å². The zero-order valence-corrected chi connectivity index (χ0v) is 17.9. The molecule has 6 heteroatoms. The first-order valence-electron chi connectivity index (χ1n) is 9.64. The number of halogens is 1. The molecule has 1 aliphatic heterocycles.